The fraction of sp³-hybridized carbons (Fsp3) is 0.368. The van der Waals surface area contributed by atoms with E-state index in [2.05, 4.69) is 4.98 Å². The number of benzene rings is 1. The minimum Gasteiger partial charge on any atom is -0.381 e. The van der Waals surface area contributed by atoms with Gasteiger partial charge in [-0.15, -0.1) is 0 Å². The zero-order valence-electron chi connectivity index (χ0n) is 14.1. The van der Waals surface area contributed by atoms with Crippen LogP contribution >= 0.6 is 0 Å². The van der Waals surface area contributed by atoms with Gasteiger partial charge >= 0.3 is 0 Å². The molecule has 0 spiro atoms. The standard InChI is InChI=1S/C19H20FN3O2/c1-13-11-23-17(10-21-18(23)15-6-8-25-9-7-15)19(24)22(13)12-14-2-4-16(20)5-3-14/h2-5,10-11,15H,6-9,12H2,1H3. The van der Waals surface area contributed by atoms with Crippen molar-refractivity contribution >= 4 is 5.52 Å². The van der Waals surface area contributed by atoms with Crippen molar-refractivity contribution < 1.29 is 9.13 Å². The molecule has 0 bridgehead atoms. The third kappa shape index (κ3) is 2.98. The summed E-state index contributed by atoms with van der Waals surface area (Å²) in [4.78, 5) is 17.4. The number of ether oxygens (including phenoxy) is 1. The lowest BCUT2D eigenvalue weighted by atomic mass is 10.00. The van der Waals surface area contributed by atoms with Crippen LogP contribution in [0.1, 0.15) is 35.8 Å². The van der Waals surface area contributed by atoms with Crippen molar-refractivity contribution in [1.82, 2.24) is 14.0 Å². The van der Waals surface area contributed by atoms with Crippen molar-refractivity contribution in [1.29, 1.82) is 0 Å². The number of hydrogen-bond donors (Lipinski definition) is 0. The Kier molecular flexibility index (Phi) is 4.13. The lowest BCUT2D eigenvalue weighted by Crippen LogP contribution is -2.25. The largest absolute Gasteiger partial charge is 0.381 e. The molecule has 2 aromatic heterocycles. The second kappa shape index (κ2) is 6.44. The summed E-state index contributed by atoms with van der Waals surface area (Å²) in [6, 6.07) is 6.23. The maximum absolute atomic E-state index is 13.1. The normalized spacial score (nSPS) is 15.8. The minimum absolute atomic E-state index is 0.0739. The Hall–Kier alpha value is -2.47. The molecule has 0 atom stereocenters. The van der Waals surface area contributed by atoms with E-state index in [1.807, 2.05) is 17.5 Å². The van der Waals surface area contributed by atoms with E-state index >= 15 is 0 Å². The SMILES string of the molecule is Cc1cn2c(C3CCOCC3)ncc2c(=O)n1Cc1ccc(F)cc1. The van der Waals surface area contributed by atoms with Crippen molar-refractivity contribution in [2.45, 2.75) is 32.2 Å². The molecule has 1 aliphatic heterocycles. The van der Waals surface area contributed by atoms with Gasteiger partial charge < -0.3 is 9.30 Å². The number of nitrogens with zero attached hydrogens (tertiary/aromatic N) is 3. The molecule has 0 radical (unpaired) electrons. The van der Waals surface area contributed by atoms with Gasteiger partial charge in [0.25, 0.3) is 5.56 Å². The Morgan fingerprint density at radius 1 is 1.24 bits per heavy atom. The quantitative estimate of drug-likeness (QED) is 0.736. The van der Waals surface area contributed by atoms with Crippen LogP contribution in [0.15, 0.2) is 41.5 Å². The van der Waals surface area contributed by atoms with Crippen LogP contribution in [-0.4, -0.2) is 27.2 Å². The monoisotopic (exact) mass is 341 g/mol. The van der Waals surface area contributed by atoms with E-state index in [1.165, 1.54) is 12.1 Å². The molecular weight excluding hydrogens is 321 g/mol. The van der Waals surface area contributed by atoms with E-state index < -0.39 is 0 Å². The highest BCUT2D eigenvalue weighted by Crippen LogP contribution is 2.26. The Morgan fingerprint density at radius 2 is 1.96 bits per heavy atom. The van der Waals surface area contributed by atoms with Crippen LogP contribution < -0.4 is 5.56 Å². The molecule has 1 aromatic carbocycles. The molecule has 0 saturated carbocycles. The zero-order valence-corrected chi connectivity index (χ0v) is 14.1. The number of halogens is 1. The molecule has 0 unspecified atom stereocenters. The van der Waals surface area contributed by atoms with E-state index in [-0.39, 0.29) is 11.4 Å². The van der Waals surface area contributed by atoms with Gasteiger partial charge in [-0.25, -0.2) is 9.37 Å². The molecule has 0 aliphatic carbocycles. The molecule has 1 saturated heterocycles. The molecule has 0 amide bonds. The highest BCUT2D eigenvalue weighted by Gasteiger charge is 2.21. The third-order valence-electron chi connectivity index (χ3n) is 4.87. The number of hydrogen-bond acceptors (Lipinski definition) is 3. The predicted molar refractivity (Wildman–Crippen MR) is 92.5 cm³/mol. The summed E-state index contributed by atoms with van der Waals surface area (Å²) in [5, 5.41) is 0. The summed E-state index contributed by atoms with van der Waals surface area (Å²) in [5.74, 6) is 0.982. The summed E-state index contributed by atoms with van der Waals surface area (Å²) >= 11 is 0. The maximum Gasteiger partial charge on any atom is 0.276 e. The van der Waals surface area contributed by atoms with E-state index in [1.54, 1.807) is 22.9 Å². The highest BCUT2D eigenvalue weighted by atomic mass is 19.1. The number of aromatic nitrogens is 3. The van der Waals surface area contributed by atoms with Crippen LogP contribution in [0.5, 0.6) is 0 Å². The van der Waals surface area contributed by atoms with Crippen LogP contribution in [-0.2, 0) is 11.3 Å². The fourth-order valence-electron chi connectivity index (χ4n) is 3.45. The first-order valence-corrected chi connectivity index (χ1v) is 8.53. The molecule has 3 aromatic rings. The summed E-state index contributed by atoms with van der Waals surface area (Å²) in [7, 11) is 0. The van der Waals surface area contributed by atoms with E-state index in [9.17, 15) is 9.18 Å². The van der Waals surface area contributed by atoms with E-state index in [0.29, 0.717) is 18.0 Å². The molecule has 1 fully saturated rings. The van der Waals surface area contributed by atoms with Gasteiger partial charge in [-0.2, -0.15) is 0 Å². The molecule has 25 heavy (non-hydrogen) atoms. The van der Waals surface area contributed by atoms with Crippen molar-refractivity contribution in [3.05, 3.63) is 69.9 Å². The molecule has 5 nitrogen and oxygen atoms in total. The van der Waals surface area contributed by atoms with Crippen molar-refractivity contribution in [3.8, 4) is 0 Å². The van der Waals surface area contributed by atoms with Gasteiger partial charge in [-0.1, -0.05) is 12.1 Å². The average molecular weight is 341 g/mol. The number of rotatable bonds is 3. The van der Waals surface area contributed by atoms with Crippen molar-refractivity contribution in [3.63, 3.8) is 0 Å². The van der Waals surface area contributed by atoms with Crippen LogP contribution in [0.2, 0.25) is 0 Å². The van der Waals surface area contributed by atoms with Crippen LogP contribution in [0.4, 0.5) is 4.39 Å². The first kappa shape index (κ1) is 16.0. The minimum atomic E-state index is -0.278. The van der Waals surface area contributed by atoms with Gasteiger partial charge in [0.1, 0.15) is 17.2 Å². The second-order valence-corrected chi connectivity index (χ2v) is 6.55. The molecule has 0 N–H and O–H groups in total. The molecule has 3 heterocycles. The van der Waals surface area contributed by atoms with Crippen LogP contribution in [0.3, 0.4) is 0 Å². The molecule has 1 aliphatic rings. The first-order valence-electron chi connectivity index (χ1n) is 8.53. The Balaban J connectivity index is 1.74. The average Bonchev–Trinajstić information content (AvgIpc) is 3.05. The van der Waals surface area contributed by atoms with E-state index in [0.717, 1.165) is 43.1 Å². The number of fused-ring (bicyclic) bond motifs is 1. The summed E-state index contributed by atoms with van der Waals surface area (Å²) < 4.78 is 22.1. The Bertz CT molecular complexity index is 953. The second-order valence-electron chi connectivity index (χ2n) is 6.55. The van der Waals surface area contributed by atoms with Gasteiger partial charge in [-0.05, 0) is 37.5 Å². The van der Waals surface area contributed by atoms with Gasteiger partial charge in [0, 0.05) is 31.0 Å². The number of imidazole rings is 1. The first-order chi connectivity index (χ1) is 12.1. The van der Waals surface area contributed by atoms with Gasteiger partial charge in [0.15, 0.2) is 0 Å². The summed E-state index contributed by atoms with van der Waals surface area (Å²) in [6.07, 6.45) is 5.49. The van der Waals surface area contributed by atoms with Crippen LogP contribution in [0, 0.1) is 12.7 Å². The molecule has 6 heteroatoms. The summed E-state index contributed by atoms with van der Waals surface area (Å²) in [6.45, 7) is 3.80. The van der Waals surface area contributed by atoms with Crippen molar-refractivity contribution in [2.24, 2.45) is 0 Å². The summed E-state index contributed by atoms with van der Waals surface area (Å²) in [5.41, 5.74) is 2.25. The highest BCUT2D eigenvalue weighted by molar-refractivity contribution is 5.45. The lowest BCUT2D eigenvalue weighted by Gasteiger charge is -2.21. The van der Waals surface area contributed by atoms with Crippen LogP contribution in [0.25, 0.3) is 5.52 Å². The molecule has 4 rings (SSSR count). The Labute approximate surface area is 144 Å². The molecule has 130 valence electrons. The lowest BCUT2D eigenvalue weighted by molar-refractivity contribution is 0.0835. The molecular formula is C19H20FN3O2. The fourth-order valence-corrected chi connectivity index (χ4v) is 3.45. The predicted octanol–water partition coefficient (Wildman–Crippen LogP) is 2.89. The van der Waals surface area contributed by atoms with Gasteiger partial charge in [0.2, 0.25) is 0 Å². The topological polar surface area (TPSA) is 48.5 Å². The van der Waals surface area contributed by atoms with Gasteiger partial charge in [-0.3, -0.25) is 9.20 Å². The van der Waals surface area contributed by atoms with E-state index in [4.69, 9.17) is 4.74 Å². The van der Waals surface area contributed by atoms with Gasteiger partial charge in [0.05, 0.1) is 12.7 Å². The van der Waals surface area contributed by atoms with Crippen molar-refractivity contribution in [2.75, 3.05) is 13.2 Å². The number of aryl methyl sites for hydroxylation is 1. The maximum atomic E-state index is 13.1. The zero-order chi connectivity index (χ0) is 17.4. The Morgan fingerprint density at radius 3 is 2.68 bits per heavy atom. The third-order valence-corrected chi connectivity index (χ3v) is 4.87. The smallest absolute Gasteiger partial charge is 0.276 e.